The number of aromatic nitrogens is 2. The highest BCUT2D eigenvalue weighted by Gasteiger charge is 2.22. The third-order valence-electron chi connectivity index (χ3n) is 3.59. The summed E-state index contributed by atoms with van der Waals surface area (Å²) in [6, 6.07) is 4.24. The van der Waals surface area contributed by atoms with Crippen LogP contribution in [-0.4, -0.2) is 29.3 Å². The highest BCUT2D eigenvalue weighted by Crippen LogP contribution is 2.24. The first kappa shape index (κ1) is 15.9. The Morgan fingerprint density at radius 2 is 2.30 bits per heavy atom. The summed E-state index contributed by atoms with van der Waals surface area (Å²) in [5.74, 6) is -0.488. The number of ether oxygens (including phenoxy) is 1. The predicted octanol–water partition coefficient (Wildman–Crippen LogP) is 2.69. The quantitative estimate of drug-likeness (QED) is 0.926. The molecule has 8 heteroatoms. The monoisotopic (exact) mass is 339 g/mol. The molecule has 0 radical (unpaired) electrons. The SMILES string of the molecule is O=C(NCc1nnc(C2CCCOC2)o1)c1cccc(Cl)c1F. The van der Waals surface area contributed by atoms with E-state index >= 15 is 0 Å². The molecule has 0 saturated carbocycles. The van der Waals surface area contributed by atoms with Gasteiger partial charge in [-0.2, -0.15) is 0 Å². The number of halogens is 2. The minimum atomic E-state index is -0.753. The van der Waals surface area contributed by atoms with Gasteiger partial charge >= 0.3 is 0 Å². The summed E-state index contributed by atoms with van der Waals surface area (Å²) in [6.07, 6.45) is 1.88. The zero-order chi connectivity index (χ0) is 16.2. The van der Waals surface area contributed by atoms with E-state index in [0.29, 0.717) is 12.5 Å². The van der Waals surface area contributed by atoms with E-state index in [1.54, 1.807) is 0 Å². The molecule has 1 aromatic heterocycles. The van der Waals surface area contributed by atoms with Gasteiger partial charge in [0.05, 0.1) is 29.7 Å². The van der Waals surface area contributed by atoms with Crippen LogP contribution in [-0.2, 0) is 11.3 Å². The van der Waals surface area contributed by atoms with Crippen LogP contribution in [0.25, 0.3) is 0 Å². The van der Waals surface area contributed by atoms with Crippen LogP contribution in [0.3, 0.4) is 0 Å². The molecule has 1 saturated heterocycles. The Labute approximate surface area is 137 Å². The van der Waals surface area contributed by atoms with Crippen molar-refractivity contribution in [3.63, 3.8) is 0 Å². The molecule has 0 spiro atoms. The normalized spacial score (nSPS) is 17.9. The molecule has 0 bridgehead atoms. The van der Waals surface area contributed by atoms with Gasteiger partial charge in [0, 0.05) is 6.61 Å². The summed E-state index contributed by atoms with van der Waals surface area (Å²) in [7, 11) is 0. The molecule has 1 aliphatic heterocycles. The molecule has 3 rings (SSSR count). The minimum Gasteiger partial charge on any atom is -0.423 e. The number of benzene rings is 1. The van der Waals surface area contributed by atoms with Gasteiger partial charge in [0.15, 0.2) is 5.82 Å². The summed E-state index contributed by atoms with van der Waals surface area (Å²) in [6.45, 7) is 1.33. The second-order valence-electron chi connectivity index (χ2n) is 5.23. The fraction of sp³-hybridized carbons (Fsp3) is 0.400. The van der Waals surface area contributed by atoms with E-state index in [1.807, 2.05) is 0 Å². The highest BCUT2D eigenvalue weighted by molar-refractivity contribution is 6.31. The van der Waals surface area contributed by atoms with Crippen LogP contribution >= 0.6 is 11.6 Å². The average molecular weight is 340 g/mol. The molecule has 1 fully saturated rings. The smallest absolute Gasteiger partial charge is 0.254 e. The van der Waals surface area contributed by atoms with Crippen LogP contribution in [0.15, 0.2) is 22.6 Å². The molecular weight excluding hydrogens is 325 g/mol. The van der Waals surface area contributed by atoms with Crippen molar-refractivity contribution in [1.82, 2.24) is 15.5 Å². The zero-order valence-corrected chi connectivity index (χ0v) is 13.0. The van der Waals surface area contributed by atoms with E-state index in [4.69, 9.17) is 20.8 Å². The van der Waals surface area contributed by atoms with Crippen LogP contribution < -0.4 is 5.32 Å². The molecule has 1 aliphatic rings. The fourth-order valence-corrected chi connectivity index (χ4v) is 2.54. The van der Waals surface area contributed by atoms with Gasteiger partial charge in [0.1, 0.15) is 0 Å². The maximum Gasteiger partial charge on any atom is 0.254 e. The molecule has 2 aromatic rings. The van der Waals surface area contributed by atoms with Gasteiger partial charge in [0.2, 0.25) is 11.8 Å². The van der Waals surface area contributed by atoms with Crippen molar-refractivity contribution >= 4 is 17.5 Å². The molecule has 1 N–H and O–H groups in total. The Balaban J connectivity index is 1.61. The maximum atomic E-state index is 13.8. The van der Waals surface area contributed by atoms with E-state index in [9.17, 15) is 9.18 Å². The summed E-state index contributed by atoms with van der Waals surface area (Å²) in [5.41, 5.74) is -0.127. The molecule has 122 valence electrons. The van der Waals surface area contributed by atoms with Gasteiger partial charge < -0.3 is 14.5 Å². The number of hydrogen-bond acceptors (Lipinski definition) is 5. The lowest BCUT2D eigenvalue weighted by Crippen LogP contribution is -2.24. The summed E-state index contributed by atoms with van der Waals surface area (Å²) < 4.78 is 24.7. The third-order valence-corrected chi connectivity index (χ3v) is 3.88. The van der Waals surface area contributed by atoms with Crippen LogP contribution in [0.2, 0.25) is 5.02 Å². The van der Waals surface area contributed by atoms with E-state index in [-0.39, 0.29) is 28.9 Å². The molecule has 1 amide bonds. The number of hydrogen-bond donors (Lipinski definition) is 1. The van der Waals surface area contributed by atoms with Crippen molar-refractivity contribution in [2.75, 3.05) is 13.2 Å². The molecule has 23 heavy (non-hydrogen) atoms. The largest absolute Gasteiger partial charge is 0.423 e. The second kappa shape index (κ2) is 7.06. The summed E-state index contributed by atoms with van der Waals surface area (Å²) in [4.78, 5) is 12.0. The molecule has 1 atom stereocenters. The Hall–Kier alpha value is -1.99. The minimum absolute atomic E-state index is 0.0192. The number of nitrogens with one attached hydrogen (secondary N) is 1. The first-order valence-electron chi connectivity index (χ1n) is 7.27. The Morgan fingerprint density at radius 1 is 1.43 bits per heavy atom. The Kier molecular flexibility index (Phi) is 4.88. The lowest BCUT2D eigenvalue weighted by Gasteiger charge is -2.18. The zero-order valence-electron chi connectivity index (χ0n) is 12.2. The van der Waals surface area contributed by atoms with Crippen molar-refractivity contribution in [3.05, 3.63) is 46.4 Å². The van der Waals surface area contributed by atoms with E-state index in [0.717, 1.165) is 19.4 Å². The topological polar surface area (TPSA) is 77.2 Å². The number of carbonyl (C=O) groups excluding carboxylic acids is 1. The molecule has 6 nitrogen and oxygen atoms in total. The molecular formula is C15H15ClFN3O3. The standard InChI is InChI=1S/C15H15ClFN3O3/c16-11-5-1-4-10(13(11)17)14(21)18-7-12-19-20-15(23-12)9-3-2-6-22-8-9/h1,4-5,9H,2-3,6-8H2,(H,18,21). The maximum absolute atomic E-state index is 13.8. The van der Waals surface area contributed by atoms with E-state index < -0.39 is 11.7 Å². The van der Waals surface area contributed by atoms with Gasteiger partial charge in [-0.15, -0.1) is 10.2 Å². The Bertz CT molecular complexity index is 701. The Morgan fingerprint density at radius 3 is 3.09 bits per heavy atom. The number of nitrogens with zero attached hydrogens (tertiary/aromatic N) is 2. The van der Waals surface area contributed by atoms with Gasteiger partial charge in [0.25, 0.3) is 5.91 Å². The summed E-state index contributed by atoms with van der Waals surface area (Å²) >= 11 is 5.66. The molecule has 1 unspecified atom stereocenters. The van der Waals surface area contributed by atoms with Crippen LogP contribution in [0.5, 0.6) is 0 Å². The fourth-order valence-electron chi connectivity index (χ4n) is 2.37. The predicted molar refractivity (Wildman–Crippen MR) is 79.7 cm³/mol. The van der Waals surface area contributed by atoms with Crippen molar-refractivity contribution in [1.29, 1.82) is 0 Å². The van der Waals surface area contributed by atoms with Gasteiger partial charge in [-0.3, -0.25) is 4.79 Å². The average Bonchev–Trinajstić information content (AvgIpc) is 3.05. The first-order valence-corrected chi connectivity index (χ1v) is 7.65. The van der Waals surface area contributed by atoms with E-state index in [2.05, 4.69) is 15.5 Å². The van der Waals surface area contributed by atoms with Crippen molar-refractivity contribution in [3.8, 4) is 0 Å². The van der Waals surface area contributed by atoms with Crippen LogP contribution in [0.1, 0.15) is 40.9 Å². The number of carbonyl (C=O) groups is 1. The molecule has 1 aromatic carbocycles. The molecule has 0 aliphatic carbocycles. The summed E-state index contributed by atoms with van der Waals surface area (Å²) in [5, 5.41) is 10.3. The molecule has 2 heterocycles. The van der Waals surface area contributed by atoms with Gasteiger partial charge in [-0.05, 0) is 25.0 Å². The second-order valence-corrected chi connectivity index (χ2v) is 5.64. The van der Waals surface area contributed by atoms with Crippen molar-refractivity contribution < 1.29 is 18.3 Å². The highest BCUT2D eigenvalue weighted by atomic mass is 35.5. The van der Waals surface area contributed by atoms with Crippen molar-refractivity contribution in [2.24, 2.45) is 0 Å². The van der Waals surface area contributed by atoms with Crippen molar-refractivity contribution in [2.45, 2.75) is 25.3 Å². The van der Waals surface area contributed by atoms with Gasteiger partial charge in [-0.25, -0.2) is 4.39 Å². The lowest BCUT2D eigenvalue weighted by molar-refractivity contribution is 0.0720. The van der Waals surface area contributed by atoms with Crippen LogP contribution in [0, 0.1) is 5.82 Å². The van der Waals surface area contributed by atoms with Gasteiger partial charge in [-0.1, -0.05) is 17.7 Å². The lowest BCUT2D eigenvalue weighted by atomic mass is 10.0. The first-order chi connectivity index (χ1) is 11.1. The third kappa shape index (κ3) is 3.68. The van der Waals surface area contributed by atoms with Crippen LogP contribution in [0.4, 0.5) is 4.39 Å². The number of rotatable bonds is 4. The van der Waals surface area contributed by atoms with E-state index in [1.165, 1.54) is 18.2 Å². The number of amides is 1.